The first-order chi connectivity index (χ1) is 7.09. The van der Waals surface area contributed by atoms with Crippen molar-refractivity contribution in [3.05, 3.63) is 12.2 Å². The Morgan fingerprint density at radius 2 is 2.13 bits per heavy atom. The first-order valence-electron chi connectivity index (χ1n) is 5.26. The molecule has 0 spiro atoms. The molecule has 1 heterocycles. The van der Waals surface area contributed by atoms with Gasteiger partial charge in [0.05, 0.1) is 13.2 Å². The number of carbonyl (C=O) groups is 1. The number of carbonyl (C=O) groups excluding carboxylic acids is 1. The third-order valence-corrected chi connectivity index (χ3v) is 2.28. The van der Waals surface area contributed by atoms with Crippen LogP contribution in [0.15, 0.2) is 12.2 Å². The molecule has 0 saturated carbocycles. The van der Waals surface area contributed by atoms with Gasteiger partial charge < -0.3 is 9.47 Å². The summed E-state index contributed by atoms with van der Waals surface area (Å²) in [7, 11) is 0. The lowest BCUT2D eigenvalue weighted by atomic mass is 10.3. The van der Waals surface area contributed by atoms with Gasteiger partial charge in [-0.3, -0.25) is 4.90 Å². The van der Waals surface area contributed by atoms with Crippen LogP contribution >= 0.6 is 0 Å². The van der Waals surface area contributed by atoms with Crippen LogP contribution in [0.4, 0.5) is 0 Å². The van der Waals surface area contributed by atoms with Crippen molar-refractivity contribution < 1.29 is 14.3 Å². The van der Waals surface area contributed by atoms with Gasteiger partial charge in [-0.1, -0.05) is 6.58 Å². The number of esters is 1. The zero-order valence-corrected chi connectivity index (χ0v) is 9.49. The first kappa shape index (κ1) is 12.2. The molecule has 0 aromatic heterocycles. The molecule has 0 N–H and O–H groups in total. The number of hydrogen-bond donors (Lipinski definition) is 0. The molecule has 1 aliphatic rings. The molecule has 0 bridgehead atoms. The van der Waals surface area contributed by atoms with E-state index >= 15 is 0 Å². The highest BCUT2D eigenvalue weighted by Crippen LogP contribution is 2.03. The lowest BCUT2D eigenvalue weighted by Crippen LogP contribution is -2.41. The summed E-state index contributed by atoms with van der Waals surface area (Å²) in [5, 5.41) is 0. The summed E-state index contributed by atoms with van der Waals surface area (Å²) in [6.45, 7) is 11.2. The number of morpholine rings is 1. The Bertz CT molecular complexity index is 234. The Hall–Kier alpha value is -0.870. The van der Waals surface area contributed by atoms with Crippen LogP contribution in [0.2, 0.25) is 0 Å². The molecule has 1 rings (SSSR count). The van der Waals surface area contributed by atoms with Crippen molar-refractivity contribution in [3.63, 3.8) is 0 Å². The summed E-state index contributed by atoms with van der Waals surface area (Å²) in [5.41, 5.74) is 0.448. The largest absolute Gasteiger partial charge is 0.458 e. The van der Waals surface area contributed by atoms with E-state index in [-0.39, 0.29) is 12.1 Å². The van der Waals surface area contributed by atoms with Crippen LogP contribution in [0.5, 0.6) is 0 Å². The summed E-state index contributed by atoms with van der Waals surface area (Å²) < 4.78 is 10.4. The van der Waals surface area contributed by atoms with Crippen LogP contribution in [0.1, 0.15) is 13.8 Å². The Balaban J connectivity index is 2.25. The molecule has 0 amide bonds. The van der Waals surface area contributed by atoms with Crippen molar-refractivity contribution in [2.75, 3.05) is 32.8 Å². The summed E-state index contributed by atoms with van der Waals surface area (Å²) in [6, 6.07) is 0. The van der Waals surface area contributed by atoms with E-state index in [4.69, 9.17) is 9.47 Å². The molecule has 1 fully saturated rings. The molecule has 86 valence electrons. The third-order valence-electron chi connectivity index (χ3n) is 2.28. The molecule has 1 aliphatic heterocycles. The Labute approximate surface area is 90.8 Å². The van der Waals surface area contributed by atoms with Crippen molar-refractivity contribution >= 4 is 5.97 Å². The molecule has 0 aromatic carbocycles. The second kappa shape index (κ2) is 5.88. The van der Waals surface area contributed by atoms with Gasteiger partial charge in [0.25, 0.3) is 0 Å². The molecule has 0 aromatic rings. The van der Waals surface area contributed by atoms with Crippen LogP contribution in [-0.2, 0) is 14.3 Å². The average Bonchev–Trinajstić information content (AvgIpc) is 2.18. The third kappa shape index (κ3) is 4.44. The molecule has 0 radical (unpaired) electrons. The number of hydrogen-bond acceptors (Lipinski definition) is 4. The lowest BCUT2D eigenvalue weighted by molar-refractivity contribution is -0.144. The van der Waals surface area contributed by atoms with E-state index in [1.807, 2.05) is 6.92 Å². The monoisotopic (exact) mass is 213 g/mol. The van der Waals surface area contributed by atoms with E-state index in [9.17, 15) is 4.79 Å². The summed E-state index contributed by atoms with van der Waals surface area (Å²) >= 11 is 0. The van der Waals surface area contributed by atoms with Gasteiger partial charge >= 0.3 is 5.97 Å². The van der Waals surface area contributed by atoms with Crippen LogP contribution in [0.3, 0.4) is 0 Å². The van der Waals surface area contributed by atoms with Gasteiger partial charge in [-0.2, -0.15) is 0 Å². The maximum atomic E-state index is 11.2. The zero-order valence-electron chi connectivity index (χ0n) is 9.49. The van der Waals surface area contributed by atoms with Gasteiger partial charge in [0.15, 0.2) is 0 Å². The molecule has 15 heavy (non-hydrogen) atoms. The Kier molecular flexibility index (Phi) is 4.78. The summed E-state index contributed by atoms with van der Waals surface area (Å²) in [5.74, 6) is -0.309. The average molecular weight is 213 g/mol. The molecule has 4 nitrogen and oxygen atoms in total. The normalized spacial score (nSPS) is 19.6. The van der Waals surface area contributed by atoms with Crippen LogP contribution in [0, 0.1) is 0 Å². The molecule has 1 unspecified atom stereocenters. The molecule has 0 aliphatic carbocycles. The van der Waals surface area contributed by atoms with Crippen LogP contribution < -0.4 is 0 Å². The van der Waals surface area contributed by atoms with E-state index < -0.39 is 0 Å². The van der Waals surface area contributed by atoms with E-state index in [0.29, 0.717) is 5.57 Å². The first-order valence-corrected chi connectivity index (χ1v) is 5.26. The highest BCUT2D eigenvalue weighted by atomic mass is 16.5. The van der Waals surface area contributed by atoms with E-state index in [0.717, 1.165) is 32.8 Å². The summed E-state index contributed by atoms with van der Waals surface area (Å²) in [6.07, 6.45) is -0.0905. The lowest BCUT2D eigenvalue weighted by Gasteiger charge is -2.28. The molecule has 1 atom stereocenters. The predicted molar refractivity (Wildman–Crippen MR) is 57.6 cm³/mol. The van der Waals surface area contributed by atoms with Crippen LogP contribution in [-0.4, -0.2) is 49.8 Å². The maximum absolute atomic E-state index is 11.2. The fourth-order valence-corrected chi connectivity index (χ4v) is 1.47. The molecular formula is C11H19NO3. The second-order valence-corrected chi connectivity index (χ2v) is 3.91. The quantitative estimate of drug-likeness (QED) is 0.512. The number of rotatable bonds is 4. The molecule has 4 heteroatoms. The van der Waals surface area contributed by atoms with Gasteiger partial charge in [-0.15, -0.1) is 0 Å². The minimum Gasteiger partial charge on any atom is -0.458 e. The molecule has 1 saturated heterocycles. The van der Waals surface area contributed by atoms with Crippen LogP contribution in [0.25, 0.3) is 0 Å². The van der Waals surface area contributed by atoms with Gasteiger partial charge in [-0.05, 0) is 13.8 Å². The Morgan fingerprint density at radius 1 is 1.53 bits per heavy atom. The van der Waals surface area contributed by atoms with Crippen molar-refractivity contribution in [3.8, 4) is 0 Å². The standard InChI is InChI=1S/C11H19NO3/c1-9(2)11(13)15-10(3)8-12-4-6-14-7-5-12/h10H,1,4-8H2,2-3H3. The van der Waals surface area contributed by atoms with Gasteiger partial charge in [0.1, 0.15) is 6.10 Å². The topological polar surface area (TPSA) is 38.8 Å². The number of ether oxygens (including phenoxy) is 2. The predicted octanol–water partition coefficient (Wildman–Crippen LogP) is 0.826. The van der Waals surface area contributed by atoms with E-state index in [1.54, 1.807) is 6.92 Å². The van der Waals surface area contributed by atoms with Gasteiger partial charge in [-0.25, -0.2) is 4.79 Å². The van der Waals surface area contributed by atoms with E-state index in [1.165, 1.54) is 0 Å². The van der Waals surface area contributed by atoms with Crippen molar-refractivity contribution in [1.82, 2.24) is 4.90 Å². The van der Waals surface area contributed by atoms with Gasteiger partial charge in [0, 0.05) is 25.2 Å². The second-order valence-electron chi connectivity index (χ2n) is 3.91. The fraction of sp³-hybridized carbons (Fsp3) is 0.727. The van der Waals surface area contributed by atoms with Gasteiger partial charge in [0.2, 0.25) is 0 Å². The zero-order chi connectivity index (χ0) is 11.3. The highest BCUT2D eigenvalue weighted by molar-refractivity contribution is 5.87. The van der Waals surface area contributed by atoms with E-state index in [2.05, 4.69) is 11.5 Å². The van der Waals surface area contributed by atoms with Crippen molar-refractivity contribution in [2.24, 2.45) is 0 Å². The minimum absolute atomic E-state index is 0.0905. The SMILES string of the molecule is C=C(C)C(=O)OC(C)CN1CCOCC1. The van der Waals surface area contributed by atoms with Crippen molar-refractivity contribution in [1.29, 1.82) is 0 Å². The number of nitrogens with zero attached hydrogens (tertiary/aromatic N) is 1. The highest BCUT2D eigenvalue weighted by Gasteiger charge is 2.16. The minimum atomic E-state index is -0.309. The smallest absolute Gasteiger partial charge is 0.333 e. The molecular weight excluding hydrogens is 194 g/mol. The fourth-order valence-electron chi connectivity index (χ4n) is 1.47. The summed E-state index contributed by atoms with van der Waals surface area (Å²) in [4.78, 5) is 13.5. The van der Waals surface area contributed by atoms with Crippen molar-refractivity contribution in [2.45, 2.75) is 20.0 Å². The maximum Gasteiger partial charge on any atom is 0.333 e. The Morgan fingerprint density at radius 3 is 2.67 bits per heavy atom.